The van der Waals surface area contributed by atoms with Gasteiger partial charge < -0.3 is 5.32 Å². The van der Waals surface area contributed by atoms with Crippen LogP contribution in [0.5, 0.6) is 0 Å². The number of nitrogens with one attached hydrogen (secondary N) is 1. The predicted octanol–water partition coefficient (Wildman–Crippen LogP) is 4.47. The van der Waals surface area contributed by atoms with Crippen LogP contribution in [0, 0.1) is 11.7 Å². The highest BCUT2D eigenvalue weighted by Gasteiger charge is 2.20. The fourth-order valence-corrected chi connectivity index (χ4v) is 2.60. The molecule has 1 fully saturated rings. The van der Waals surface area contributed by atoms with E-state index in [1.165, 1.54) is 31.4 Å². The first kappa shape index (κ1) is 11.7. The minimum atomic E-state index is -0.279. The lowest BCUT2D eigenvalue weighted by Crippen LogP contribution is -2.30. The second kappa shape index (κ2) is 5.05. The van der Waals surface area contributed by atoms with Crippen LogP contribution in [0.4, 0.5) is 10.1 Å². The summed E-state index contributed by atoms with van der Waals surface area (Å²) >= 11 is 5.82. The lowest BCUT2D eigenvalue weighted by atomic mass is 9.86. The highest BCUT2D eigenvalue weighted by Crippen LogP contribution is 2.28. The summed E-state index contributed by atoms with van der Waals surface area (Å²) in [5, 5.41) is 3.84. The maximum Gasteiger partial charge on any atom is 0.126 e. The van der Waals surface area contributed by atoms with E-state index in [2.05, 4.69) is 12.2 Å². The van der Waals surface area contributed by atoms with Crippen LogP contribution in [-0.2, 0) is 0 Å². The predicted molar refractivity (Wildman–Crippen MR) is 66.5 cm³/mol. The molecule has 0 aromatic heterocycles. The Morgan fingerprint density at radius 3 is 2.69 bits per heavy atom. The molecule has 0 aliphatic heterocycles. The number of hydrogen-bond acceptors (Lipinski definition) is 1. The highest BCUT2D eigenvalue weighted by atomic mass is 35.5. The lowest BCUT2D eigenvalue weighted by Gasteiger charge is -2.30. The summed E-state index contributed by atoms with van der Waals surface area (Å²) < 4.78 is 13.2. The van der Waals surface area contributed by atoms with Gasteiger partial charge in [-0.1, -0.05) is 31.4 Å². The molecule has 0 amide bonds. The van der Waals surface area contributed by atoms with Crippen LogP contribution in [-0.4, -0.2) is 6.04 Å². The molecule has 88 valence electrons. The first-order valence-corrected chi connectivity index (χ1v) is 6.25. The van der Waals surface area contributed by atoms with E-state index in [4.69, 9.17) is 11.6 Å². The fraction of sp³-hybridized carbons (Fsp3) is 0.538. The van der Waals surface area contributed by atoms with Crippen LogP contribution >= 0.6 is 11.6 Å². The molecule has 3 heteroatoms. The molecule has 1 aromatic carbocycles. The van der Waals surface area contributed by atoms with Crippen molar-refractivity contribution in [2.45, 2.75) is 38.6 Å². The lowest BCUT2D eigenvalue weighted by molar-refractivity contribution is 0.349. The maximum atomic E-state index is 13.2. The van der Waals surface area contributed by atoms with E-state index in [0.717, 1.165) is 12.1 Å². The van der Waals surface area contributed by atoms with Crippen molar-refractivity contribution in [3.8, 4) is 0 Å². The minimum absolute atomic E-state index is 0.279. The average Bonchev–Trinajstić information content (AvgIpc) is 2.20. The third-order valence-electron chi connectivity index (χ3n) is 3.33. The zero-order chi connectivity index (χ0) is 11.5. The smallest absolute Gasteiger partial charge is 0.126 e. The zero-order valence-corrected chi connectivity index (χ0v) is 10.2. The quantitative estimate of drug-likeness (QED) is 0.806. The van der Waals surface area contributed by atoms with Crippen LogP contribution in [0.2, 0.25) is 5.02 Å². The van der Waals surface area contributed by atoms with Crippen LogP contribution < -0.4 is 5.32 Å². The van der Waals surface area contributed by atoms with Crippen LogP contribution in [0.1, 0.15) is 32.6 Å². The summed E-state index contributed by atoms with van der Waals surface area (Å²) in [5.41, 5.74) is 0.795. The third kappa shape index (κ3) is 2.88. The number of hydrogen-bond donors (Lipinski definition) is 1. The number of anilines is 1. The summed E-state index contributed by atoms with van der Waals surface area (Å²) in [6.45, 7) is 2.25. The number of benzene rings is 1. The van der Waals surface area contributed by atoms with E-state index >= 15 is 0 Å². The van der Waals surface area contributed by atoms with Gasteiger partial charge in [-0.05, 0) is 37.0 Å². The Morgan fingerprint density at radius 1 is 1.25 bits per heavy atom. The van der Waals surface area contributed by atoms with Crippen molar-refractivity contribution in [2.75, 3.05) is 5.32 Å². The van der Waals surface area contributed by atoms with Crippen LogP contribution in [0.25, 0.3) is 0 Å². The summed E-state index contributed by atoms with van der Waals surface area (Å²) in [6.07, 6.45) is 4.98. The van der Waals surface area contributed by atoms with Gasteiger partial charge in [-0.3, -0.25) is 0 Å². The van der Waals surface area contributed by atoms with Crippen molar-refractivity contribution in [3.63, 3.8) is 0 Å². The molecule has 0 spiro atoms. The van der Waals surface area contributed by atoms with Crippen molar-refractivity contribution in [1.29, 1.82) is 0 Å². The van der Waals surface area contributed by atoms with Crippen molar-refractivity contribution in [1.82, 2.24) is 0 Å². The van der Waals surface area contributed by atoms with E-state index in [1.54, 1.807) is 6.07 Å². The Morgan fingerprint density at radius 2 is 2.00 bits per heavy atom. The molecule has 1 aromatic rings. The standard InChI is InChI=1S/C13H17ClFN/c1-9-4-2-3-5-13(9)16-12-7-10(14)6-11(15)8-12/h6-9,13,16H,2-5H2,1H3. The van der Waals surface area contributed by atoms with E-state index in [9.17, 15) is 4.39 Å². The molecule has 2 atom stereocenters. The Hall–Kier alpha value is -0.760. The Kier molecular flexibility index (Phi) is 3.70. The van der Waals surface area contributed by atoms with Gasteiger partial charge in [0.25, 0.3) is 0 Å². The second-order valence-corrected chi connectivity index (χ2v) is 5.11. The molecule has 0 bridgehead atoms. The first-order chi connectivity index (χ1) is 7.65. The zero-order valence-electron chi connectivity index (χ0n) is 9.47. The SMILES string of the molecule is CC1CCCCC1Nc1cc(F)cc(Cl)c1. The maximum absolute atomic E-state index is 13.2. The van der Waals surface area contributed by atoms with E-state index in [-0.39, 0.29) is 5.82 Å². The third-order valence-corrected chi connectivity index (χ3v) is 3.54. The Balaban J connectivity index is 2.07. The second-order valence-electron chi connectivity index (χ2n) is 4.67. The molecule has 0 saturated heterocycles. The molecular formula is C13H17ClFN. The number of rotatable bonds is 2. The van der Waals surface area contributed by atoms with Crippen molar-refractivity contribution in [3.05, 3.63) is 29.0 Å². The molecule has 16 heavy (non-hydrogen) atoms. The molecule has 2 rings (SSSR count). The van der Waals surface area contributed by atoms with Gasteiger partial charge in [-0.2, -0.15) is 0 Å². The highest BCUT2D eigenvalue weighted by molar-refractivity contribution is 6.30. The molecule has 0 radical (unpaired) electrons. The van der Waals surface area contributed by atoms with E-state index in [0.29, 0.717) is 17.0 Å². The van der Waals surface area contributed by atoms with Crippen molar-refractivity contribution < 1.29 is 4.39 Å². The normalized spacial score (nSPS) is 25.4. The Labute approximate surface area is 101 Å². The molecule has 1 aliphatic carbocycles. The molecule has 1 saturated carbocycles. The summed E-state index contributed by atoms with van der Waals surface area (Å²) in [4.78, 5) is 0. The molecule has 1 aliphatic rings. The van der Waals surface area contributed by atoms with Gasteiger partial charge in [0, 0.05) is 16.8 Å². The summed E-state index contributed by atoms with van der Waals surface area (Å²) in [6, 6.07) is 5.07. The van der Waals surface area contributed by atoms with Gasteiger partial charge in [0.05, 0.1) is 0 Å². The van der Waals surface area contributed by atoms with Crippen LogP contribution in [0.3, 0.4) is 0 Å². The first-order valence-electron chi connectivity index (χ1n) is 5.88. The van der Waals surface area contributed by atoms with Crippen molar-refractivity contribution in [2.24, 2.45) is 5.92 Å². The minimum Gasteiger partial charge on any atom is -0.382 e. The topological polar surface area (TPSA) is 12.0 Å². The fourth-order valence-electron chi connectivity index (χ4n) is 2.38. The van der Waals surface area contributed by atoms with Gasteiger partial charge in [0.15, 0.2) is 0 Å². The van der Waals surface area contributed by atoms with Gasteiger partial charge in [-0.25, -0.2) is 4.39 Å². The Bertz CT molecular complexity index is 347. The number of halogens is 2. The van der Waals surface area contributed by atoms with Gasteiger partial charge in [0.1, 0.15) is 5.82 Å². The largest absolute Gasteiger partial charge is 0.382 e. The summed E-state index contributed by atoms with van der Waals surface area (Å²) in [5.74, 6) is 0.370. The van der Waals surface area contributed by atoms with Gasteiger partial charge in [0.2, 0.25) is 0 Å². The summed E-state index contributed by atoms with van der Waals surface area (Å²) in [7, 11) is 0. The molecule has 1 N–H and O–H groups in total. The molecule has 0 heterocycles. The molecular weight excluding hydrogens is 225 g/mol. The van der Waals surface area contributed by atoms with Crippen molar-refractivity contribution >= 4 is 17.3 Å². The van der Waals surface area contributed by atoms with E-state index in [1.807, 2.05) is 0 Å². The average molecular weight is 242 g/mol. The van der Waals surface area contributed by atoms with Crippen LogP contribution in [0.15, 0.2) is 18.2 Å². The molecule has 1 nitrogen and oxygen atoms in total. The monoisotopic (exact) mass is 241 g/mol. The van der Waals surface area contributed by atoms with E-state index < -0.39 is 0 Å². The van der Waals surface area contributed by atoms with Gasteiger partial charge >= 0.3 is 0 Å². The van der Waals surface area contributed by atoms with Gasteiger partial charge in [-0.15, -0.1) is 0 Å². The molecule has 2 unspecified atom stereocenters.